The highest BCUT2D eigenvalue weighted by molar-refractivity contribution is 7.98. The molecule has 0 aliphatic carbocycles. The first kappa shape index (κ1) is 35.3. The third-order valence-electron chi connectivity index (χ3n) is 9.65. The van der Waals surface area contributed by atoms with E-state index in [2.05, 4.69) is 55.4 Å². The standard InChI is InChI=1S/C20H22N4OS.C19H18F2N4O/c1-26-17-5-2-15(3-6-17)13-23-8-10-24(11-9-23)20(25)16-4-7-18-19(12-16)22-14-21-18;20-15-3-1-2-14(18(15)21)11-24-6-8-25(9-7-24)19(26)13-4-5-16-17(10-13)23-12-22-16/h2-7,12,14H,8-11,13H2,1H3,(H,21,22);1-5,10,12H,6-9,11H2,(H,22,23). The molecule has 2 aromatic heterocycles. The summed E-state index contributed by atoms with van der Waals surface area (Å²) in [6.45, 7) is 6.95. The number of thioether (sulfide) groups is 1. The summed E-state index contributed by atoms with van der Waals surface area (Å²) in [4.78, 5) is 49.4. The average molecular weight is 723 g/mol. The maximum Gasteiger partial charge on any atom is 0.254 e. The van der Waals surface area contributed by atoms with Crippen molar-refractivity contribution in [2.24, 2.45) is 0 Å². The van der Waals surface area contributed by atoms with Crippen LogP contribution in [0.25, 0.3) is 22.1 Å². The first-order valence-electron chi connectivity index (χ1n) is 17.3. The smallest absolute Gasteiger partial charge is 0.254 e. The Morgan fingerprint density at radius 3 is 1.71 bits per heavy atom. The van der Waals surface area contributed by atoms with Gasteiger partial charge in [-0.1, -0.05) is 24.3 Å². The van der Waals surface area contributed by atoms with Gasteiger partial charge in [-0.15, -0.1) is 11.8 Å². The molecule has 2 fully saturated rings. The van der Waals surface area contributed by atoms with E-state index in [0.717, 1.165) is 60.9 Å². The number of piperazine rings is 2. The molecule has 0 bridgehead atoms. The minimum Gasteiger partial charge on any atom is -0.345 e. The van der Waals surface area contributed by atoms with E-state index in [0.29, 0.717) is 49.4 Å². The number of hydrogen-bond donors (Lipinski definition) is 2. The van der Waals surface area contributed by atoms with Gasteiger partial charge < -0.3 is 19.8 Å². The summed E-state index contributed by atoms with van der Waals surface area (Å²) < 4.78 is 27.1. The molecule has 8 rings (SSSR count). The zero-order valence-electron chi connectivity index (χ0n) is 28.9. The summed E-state index contributed by atoms with van der Waals surface area (Å²) in [5.41, 5.74) is 6.43. The van der Waals surface area contributed by atoms with Gasteiger partial charge in [0.2, 0.25) is 0 Å². The summed E-state index contributed by atoms with van der Waals surface area (Å²) in [6, 6.07) is 24.0. The Morgan fingerprint density at radius 2 is 1.19 bits per heavy atom. The van der Waals surface area contributed by atoms with Gasteiger partial charge in [0.15, 0.2) is 11.6 Å². The molecule has 52 heavy (non-hydrogen) atoms. The van der Waals surface area contributed by atoms with Crippen molar-refractivity contribution in [1.29, 1.82) is 0 Å². The van der Waals surface area contributed by atoms with Gasteiger partial charge in [-0.2, -0.15) is 0 Å². The number of carbonyl (C=O) groups excluding carboxylic acids is 2. The molecular formula is C39H40F2N8O2S. The highest BCUT2D eigenvalue weighted by Gasteiger charge is 2.24. The van der Waals surface area contributed by atoms with Gasteiger partial charge in [0.05, 0.1) is 34.7 Å². The molecule has 13 heteroatoms. The van der Waals surface area contributed by atoms with Crippen LogP contribution < -0.4 is 0 Å². The number of aromatic amines is 2. The summed E-state index contributed by atoms with van der Waals surface area (Å²) in [7, 11) is 0. The minimum atomic E-state index is -0.829. The van der Waals surface area contributed by atoms with Gasteiger partial charge in [0.1, 0.15) is 0 Å². The monoisotopic (exact) mass is 722 g/mol. The Kier molecular flexibility index (Phi) is 10.9. The number of aromatic nitrogens is 4. The molecule has 2 aliphatic rings. The van der Waals surface area contributed by atoms with E-state index in [1.807, 2.05) is 34.1 Å². The van der Waals surface area contributed by atoms with Crippen LogP contribution in [0.2, 0.25) is 0 Å². The molecule has 2 N–H and O–H groups in total. The second-order valence-electron chi connectivity index (χ2n) is 13.0. The summed E-state index contributed by atoms with van der Waals surface area (Å²) in [5.74, 6) is -1.56. The molecule has 6 aromatic rings. The largest absolute Gasteiger partial charge is 0.345 e. The van der Waals surface area contributed by atoms with Crippen molar-refractivity contribution in [3.05, 3.63) is 125 Å². The van der Waals surface area contributed by atoms with Gasteiger partial charge in [0.25, 0.3) is 11.8 Å². The van der Waals surface area contributed by atoms with Gasteiger partial charge in [0, 0.05) is 87.0 Å². The van der Waals surface area contributed by atoms with Gasteiger partial charge >= 0.3 is 0 Å². The number of halogens is 2. The molecular weight excluding hydrogens is 683 g/mol. The van der Waals surface area contributed by atoms with Crippen LogP contribution in [0.1, 0.15) is 31.8 Å². The summed E-state index contributed by atoms with van der Waals surface area (Å²) in [5, 5.41) is 0. The normalized spacial score (nSPS) is 15.5. The predicted molar refractivity (Wildman–Crippen MR) is 199 cm³/mol. The summed E-state index contributed by atoms with van der Waals surface area (Å²) >= 11 is 1.76. The van der Waals surface area contributed by atoms with Crippen LogP contribution in [0.15, 0.2) is 96.4 Å². The second kappa shape index (κ2) is 16.1. The van der Waals surface area contributed by atoms with Crippen LogP contribution in [-0.4, -0.2) is 110 Å². The highest BCUT2D eigenvalue weighted by Crippen LogP contribution is 2.20. The van der Waals surface area contributed by atoms with Crippen LogP contribution in [-0.2, 0) is 13.1 Å². The van der Waals surface area contributed by atoms with Crippen LogP contribution in [0.5, 0.6) is 0 Å². The lowest BCUT2D eigenvalue weighted by Crippen LogP contribution is -2.48. The Morgan fingerprint density at radius 1 is 0.673 bits per heavy atom. The molecule has 0 atom stereocenters. The van der Waals surface area contributed by atoms with Crippen molar-refractivity contribution in [3.8, 4) is 0 Å². The molecule has 2 saturated heterocycles. The number of rotatable bonds is 7. The number of benzene rings is 4. The maximum atomic E-state index is 13.8. The Balaban J connectivity index is 0.000000162. The first-order chi connectivity index (χ1) is 25.3. The lowest BCUT2D eigenvalue weighted by atomic mass is 10.1. The van der Waals surface area contributed by atoms with Crippen molar-refractivity contribution in [2.45, 2.75) is 18.0 Å². The maximum absolute atomic E-state index is 13.8. The van der Waals surface area contributed by atoms with E-state index in [9.17, 15) is 18.4 Å². The minimum absolute atomic E-state index is 0.0357. The van der Waals surface area contributed by atoms with E-state index in [4.69, 9.17) is 0 Å². The van der Waals surface area contributed by atoms with Crippen LogP contribution >= 0.6 is 11.8 Å². The number of amides is 2. The Hall–Kier alpha value is -5.11. The number of carbonyl (C=O) groups is 2. The van der Waals surface area contributed by atoms with Crippen LogP contribution in [0, 0.1) is 11.6 Å². The van der Waals surface area contributed by atoms with Crippen molar-refractivity contribution in [3.63, 3.8) is 0 Å². The third-order valence-corrected chi connectivity index (χ3v) is 10.4. The number of imidazole rings is 2. The zero-order chi connectivity index (χ0) is 36.0. The molecule has 268 valence electrons. The van der Waals surface area contributed by atoms with Gasteiger partial charge in [-0.3, -0.25) is 19.4 Å². The fourth-order valence-corrected chi connectivity index (χ4v) is 7.02. The van der Waals surface area contributed by atoms with Crippen molar-refractivity contribution >= 4 is 45.6 Å². The van der Waals surface area contributed by atoms with Crippen LogP contribution in [0.4, 0.5) is 8.78 Å². The quantitative estimate of drug-likeness (QED) is 0.194. The summed E-state index contributed by atoms with van der Waals surface area (Å²) in [6.07, 6.45) is 5.35. The molecule has 0 saturated carbocycles. The highest BCUT2D eigenvalue weighted by atomic mass is 32.2. The molecule has 4 heterocycles. The Bertz CT molecular complexity index is 2160. The molecule has 10 nitrogen and oxygen atoms in total. The number of H-pyrrole nitrogens is 2. The molecule has 0 spiro atoms. The lowest BCUT2D eigenvalue weighted by molar-refractivity contribution is 0.0621. The van der Waals surface area contributed by atoms with Crippen molar-refractivity contribution < 1.29 is 18.4 Å². The van der Waals surface area contributed by atoms with Crippen molar-refractivity contribution in [2.75, 3.05) is 58.6 Å². The topological polar surface area (TPSA) is 104 Å². The number of fused-ring (bicyclic) bond motifs is 2. The number of hydrogen-bond acceptors (Lipinski definition) is 7. The average Bonchev–Trinajstić information content (AvgIpc) is 3.87. The Labute approximate surface area is 304 Å². The molecule has 2 amide bonds. The van der Waals surface area contributed by atoms with Gasteiger partial charge in [-0.05, 0) is 66.4 Å². The van der Waals surface area contributed by atoms with E-state index >= 15 is 0 Å². The molecule has 4 aromatic carbocycles. The van der Waals surface area contributed by atoms with E-state index in [-0.39, 0.29) is 11.8 Å². The molecule has 2 aliphatic heterocycles. The predicted octanol–water partition coefficient (Wildman–Crippen LogP) is 6.04. The second-order valence-corrected chi connectivity index (χ2v) is 13.8. The lowest BCUT2D eigenvalue weighted by Gasteiger charge is -2.34. The fraction of sp³-hybridized carbons (Fsp3) is 0.282. The SMILES string of the molecule is CSc1ccc(CN2CCN(C(=O)c3ccc4[nH]cnc4c3)CC2)cc1.O=C(c1ccc2[nH]cnc2c1)N1CCN(Cc2cccc(F)c2F)CC1. The van der Waals surface area contributed by atoms with Gasteiger partial charge in [-0.25, -0.2) is 18.7 Å². The molecule has 0 unspecified atom stereocenters. The van der Waals surface area contributed by atoms with E-state index in [1.54, 1.807) is 47.5 Å². The van der Waals surface area contributed by atoms with E-state index in [1.165, 1.54) is 16.5 Å². The fourth-order valence-electron chi connectivity index (χ4n) is 6.61. The number of nitrogens with zero attached hydrogens (tertiary/aromatic N) is 6. The van der Waals surface area contributed by atoms with Crippen molar-refractivity contribution in [1.82, 2.24) is 39.5 Å². The van der Waals surface area contributed by atoms with E-state index < -0.39 is 11.6 Å². The number of nitrogens with one attached hydrogen (secondary N) is 2. The third kappa shape index (κ3) is 8.17. The van der Waals surface area contributed by atoms with Crippen LogP contribution in [0.3, 0.4) is 0 Å². The zero-order valence-corrected chi connectivity index (χ0v) is 29.7. The molecule has 0 radical (unpaired) electrons. The first-order valence-corrected chi connectivity index (χ1v) is 18.5.